The van der Waals surface area contributed by atoms with E-state index in [-0.39, 0.29) is 12.5 Å². The first kappa shape index (κ1) is 14.7. The third-order valence-electron chi connectivity index (χ3n) is 3.76. The van der Waals surface area contributed by atoms with Crippen LogP contribution in [0.3, 0.4) is 0 Å². The molecule has 1 aliphatic carbocycles. The fraction of sp³-hybridized carbons (Fsp3) is 0.467. The molecule has 4 nitrogen and oxygen atoms in total. The van der Waals surface area contributed by atoms with Gasteiger partial charge in [0, 0.05) is 17.1 Å². The number of hydrogen-bond donors (Lipinski definition) is 1. The third-order valence-corrected chi connectivity index (χ3v) is 4.12. The quantitative estimate of drug-likeness (QED) is 0.928. The van der Waals surface area contributed by atoms with Crippen LogP contribution in [0.5, 0.6) is 5.75 Å². The zero-order chi connectivity index (χ0) is 14.8. The van der Waals surface area contributed by atoms with Crippen LogP contribution in [0.25, 0.3) is 0 Å². The second kappa shape index (κ2) is 5.72. The molecule has 1 fully saturated rings. The predicted octanol–water partition coefficient (Wildman–Crippen LogP) is 2.90. The molecule has 0 heterocycles. The van der Waals surface area contributed by atoms with E-state index >= 15 is 0 Å². The number of nitriles is 1. The van der Waals surface area contributed by atoms with Crippen LogP contribution in [0, 0.1) is 22.7 Å². The molecule has 0 saturated heterocycles. The maximum Gasteiger partial charge on any atom is 0.240 e. The van der Waals surface area contributed by atoms with Gasteiger partial charge in [-0.05, 0) is 30.9 Å². The average Bonchev–Trinajstić information content (AvgIpc) is 2.41. The molecule has 1 aromatic rings. The van der Waals surface area contributed by atoms with Gasteiger partial charge in [-0.2, -0.15) is 5.26 Å². The first-order valence-electron chi connectivity index (χ1n) is 6.53. The van der Waals surface area contributed by atoms with E-state index in [9.17, 15) is 10.1 Å². The number of rotatable bonds is 4. The average molecular weight is 293 g/mol. The lowest BCUT2D eigenvalue weighted by molar-refractivity contribution is -0.134. The number of carbonyl (C=O) groups is 1. The van der Waals surface area contributed by atoms with Gasteiger partial charge in [0.2, 0.25) is 5.91 Å². The molecule has 0 atom stereocenters. The van der Waals surface area contributed by atoms with E-state index in [4.69, 9.17) is 16.3 Å². The molecule has 0 aliphatic heterocycles. The number of nitrogens with one attached hydrogen (secondary N) is 1. The van der Waals surface area contributed by atoms with Gasteiger partial charge in [-0.25, -0.2) is 0 Å². The normalized spacial score (nSPS) is 24.4. The summed E-state index contributed by atoms with van der Waals surface area (Å²) in [5.74, 6) is 0.834. The van der Waals surface area contributed by atoms with Crippen molar-refractivity contribution in [1.82, 2.24) is 5.32 Å². The van der Waals surface area contributed by atoms with Crippen LogP contribution in [-0.2, 0) is 11.3 Å². The van der Waals surface area contributed by atoms with Crippen molar-refractivity contribution in [2.24, 2.45) is 11.3 Å². The molecular formula is C15H17ClN2O2. The highest BCUT2D eigenvalue weighted by Gasteiger charge is 2.48. The van der Waals surface area contributed by atoms with E-state index < -0.39 is 5.41 Å². The summed E-state index contributed by atoms with van der Waals surface area (Å²) in [5, 5.41) is 12.6. The number of methoxy groups -OCH3 is 1. The summed E-state index contributed by atoms with van der Waals surface area (Å²) in [6.07, 6.45) is 1.24. The third kappa shape index (κ3) is 2.59. The van der Waals surface area contributed by atoms with Crippen LogP contribution in [0.4, 0.5) is 0 Å². The highest BCUT2D eigenvalue weighted by Crippen LogP contribution is 2.45. The summed E-state index contributed by atoms with van der Waals surface area (Å²) in [6.45, 7) is 2.31. The molecule has 20 heavy (non-hydrogen) atoms. The van der Waals surface area contributed by atoms with Gasteiger partial charge in [0.1, 0.15) is 11.2 Å². The van der Waals surface area contributed by atoms with Crippen molar-refractivity contribution in [2.45, 2.75) is 26.3 Å². The molecular weight excluding hydrogens is 276 g/mol. The van der Waals surface area contributed by atoms with Crippen molar-refractivity contribution in [1.29, 1.82) is 5.26 Å². The SMILES string of the molecule is COc1cccc(Cl)c1CNC(=O)C1(C#N)CC(C)C1. The van der Waals surface area contributed by atoms with Crippen molar-refractivity contribution in [3.05, 3.63) is 28.8 Å². The molecule has 0 bridgehead atoms. The molecule has 1 saturated carbocycles. The molecule has 1 aromatic carbocycles. The number of nitrogens with zero attached hydrogens (tertiary/aromatic N) is 1. The molecule has 5 heteroatoms. The number of halogens is 1. The summed E-state index contributed by atoms with van der Waals surface area (Å²) >= 11 is 6.11. The molecule has 0 unspecified atom stereocenters. The standard InChI is InChI=1S/C15H17ClN2O2/c1-10-6-15(7-10,9-17)14(19)18-8-11-12(16)4-3-5-13(11)20-2/h3-5,10H,6-8H2,1-2H3,(H,18,19). The van der Waals surface area contributed by atoms with E-state index in [2.05, 4.69) is 11.4 Å². The van der Waals surface area contributed by atoms with Crippen LogP contribution in [0.15, 0.2) is 18.2 Å². The van der Waals surface area contributed by atoms with Crippen molar-refractivity contribution in [2.75, 3.05) is 7.11 Å². The van der Waals surface area contributed by atoms with Crippen LogP contribution < -0.4 is 10.1 Å². The Morgan fingerprint density at radius 1 is 1.60 bits per heavy atom. The van der Waals surface area contributed by atoms with Gasteiger partial charge in [0.05, 0.1) is 13.2 Å². The summed E-state index contributed by atoms with van der Waals surface area (Å²) in [4.78, 5) is 12.2. The maximum atomic E-state index is 12.2. The Balaban J connectivity index is 2.06. The molecule has 0 radical (unpaired) electrons. The lowest BCUT2D eigenvalue weighted by atomic mass is 9.63. The number of ether oxygens (including phenoxy) is 1. The zero-order valence-electron chi connectivity index (χ0n) is 11.6. The van der Waals surface area contributed by atoms with E-state index in [1.54, 1.807) is 25.3 Å². The Kier molecular flexibility index (Phi) is 4.20. The van der Waals surface area contributed by atoms with Gasteiger partial charge in [0.15, 0.2) is 0 Å². The van der Waals surface area contributed by atoms with Gasteiger partial charge in [0.25, 0.3) is 0 Å². The van der Waals surface area contributed by atoms with Gasteiger partial charge < -0.3 is 10.1 Å². The van der Waals surface area contributed by atoms with E-state index in [0.29, 0.717) is 29.5 Å². The lowest BCUT2D eigenvalue weighted by Gasteiger charge is -2.39. The highest BCUT2D eigenvalue weighted by atomic mass is 35.5. The molecule has 2 rings (SSSR count). The fourth-order valence-corrected chi connectivity index (χ4v) is 2.93. The van der Waals surface area contributed by atoms with E-state index in [1.165, 1.54) is 0 Å². The lowest BCUT2D eigenvalue weighted by Crippen LogP contribution is -2.47. The topological polar surface area (TPSA) is 62.1 Å². The summed E-state index contributed by atoms with van der Waals surface area (Å²) in [5.41, 5.74) is -0.140. The summed E-state index contributed by atoms with van der Waals surface area (Å²) in [7, 11) is 1.56. The molecule has 1 amide bonds. The Morgan fingerprint density at radius 3 is 2.85 bits per heavy atom. The minimum Gasteiger partial charge on any atom is -0.496 e. The first-order valence-corrected chi connectivity index (χ1v) is 6.91. The summed E-state index contributed by atoms with van der Waals surface area (Å²) < 4.78 is 5.23. The van der Waals surface area contributed by atoms with Crippen LogP contribution in [0.1, 0.15) is 25.3 Å². The minimum atomic E-state index is -0.867. The fourth-order valence-electron chi connectivity index (χ4n) is 2.70. The smallest absolute Gasteiger partial charge is 0.240 e. The van der Waals surface area contributed by atoms with Gasteiger partial charge >= 0.3 is 0 Å². The van der Waals surface area contributed by atoms with Crippen molar-refractivity contribution in [3.63, 3.8) is 0 Å². The summed E-state index contributed by atoms with van der Waals surface area (Å²) in [6, 6.07) is 7.47. The predicted molar refractivity (Wildman–Crippen MR) is 76.3 cm³/mol. The first-order chi connectivity index (χ1) is 9.52. The Labute approximate surface area is 123 Å². The number of benzene rings is 1. The van der Waals surface area contributed by atoms with Crippen LogP contribution >= 0.6 is 11.6 Å². The number of amides is 1. The number of hydrogen-bond acceptors (Lipinski definition) is 3. The Hall–Kier alpha value is -1.73. The molecule has 1 N–H and O–H groups in total. The molecule has 106 valence electrons. The van der Waals surface area contributed by atoms with Gasteiger partial charge in [-0.15, -0.1) is 0 Å². The number of carbonyl (C=O) groups excluding carboxylic acids is 1. The van der Waals surface area contributed by atoms with Crippen molar-refractivity contribution >= 4 is 17.5 Å². The van der Waals surface area contributed by atoms with Crippen LogP contribution in [-0.4, -0.2) is 13.0 Å². The molecule has 0 aromatic heterocycles. The van der Waals surface area contributed by atoms with Crippen LogP contribution in [0.2, 0.25) is 5.02 Å². The molecule has 0 spiro atoms. The Morgan fingerprint density at radius 2 is 2.30 bits per heavy atom. The van der Waals surface area contributed by atoms with E-state index in [0.717, 1.165) is 5.56 Å². The van der Waals surface area contributed by atoms with Crippen molar-refractivity contribution in [3.8, 4) is 11.8 Å². The largest absolute Gasteiger partial charge is 0.496 e. The van der Waals surface area contributed by atoms with Gasteiger partial charge in [-0.1, -0.05) is 24.6 Å². The second-order valence-corrected chi connectivity index (χ2v) is 5.72. The zero-order valence-corrected chi connectivity index (χ0v) is 12.3. The second-order valence-electron chi connectivity index (χ2n) is 5.31. The van der Waals surface area contributed by atoms with Crippen molar-refractivity contribution < 1.29 is 9.53 Å². The molecule has 1 aliphatic rings. The van der Waals surface area contributed by atoms with E-state index in [1.807, 2.05) is 6.92 Å². The monoisotopic (exact) mass is 292 g/mol. The Bertz CT molecular complexity index is 559. The van der Waals surface area contributed by atoms with Gasteiger partial charge in [-0.3, -0.25) is 4.79 Å². The maximum absolute atomic E-state index is 12.2. The highest BCUT2D eigenvalue weighted by molar-refractivity contribution is 6.31. The minimum absolute atomic E-state index is 0.222.